The van der Waals surface area contributed by atoms with Gasteiger partial charge >= 0.3 is 0 Å². The van der Waals surface area contributed by atoms with E-state index in [1.165, 1.54) is 18.4 Å². The topological polar surface area (TPSA) is 0 Å². The third kappa shape index (κ3) is 2.22. The number of halogens is 1. The average molecular weight is 206 g/mol. The molecule has 0 amide bonds. The van der Waals surface area contributed by atoms with Crippen LogP contribution < -0.4 is 0 Å². The lowest BCUT2D eigenvalue weighted by atomic mass is 9.89. The van der Waals surface area contributed by atoms with Gasteiger partial charge in [0.25, 0.3) is 0 Å². The van der Waals surface area contributed by atoms with Gasteiger partial charge in [-0.25, -0.2) is 4.39 Å². The van der Waals surface area contributed by atoms with E-state index in [0.29, 0.717) is 17.8 Å². The van der Waals surface area contributed by atoms with Crippen molar-refractivity contribution >= 4 is 0 Å². The summed E-state index contributed by atoms with van der Waals surface area (Å²) >= 11 is 0. The zero-order valence-corrected chi connectivity index (χ0v) is 9.76. The number of benzene rings is 1. The van der Waals surface area contributed by atoms with E-state index in [1.807, 2.05) is 6.07 Å². The van der Waals surface area contributed by atoms with Gasteiger partial charge in [0.1, 0.15) is 5.82 Å². The third-order valence-electron chi connectivity index (χ3n) is 3.56. The number of rotatable bonds is 3. The Labute approximate surface area is 91.5 Å². The second kappa shape index (κ2) is 3.96. The molecule has 0 radical (unpaired) electrons. The molecule has 82 valence electrons. The van der Waals surface area contributed by atoms with Gasteiger partial charge in [-0.1, -0.05) is 32.9 Å². The lowest BCUT2D eigenvalue weighted by molar-refractivity contribution is 0.501. The molecule has 0 aromatic heterocycles. The van der Waals surface area contributed by atoms with Crippen LogP contribution in [0.2, 0.25) is 0 Å². The summed E-state index contributed by atoms with van der Waals surface area (Å²) in [4.78, 5) is 0. The summed E-state index contributed by atoms with van der Waals surface area (Å²) < 4.78 is 13.8. The average Bonchev–Trinajstić information content (AvgIpc) is 2.99. The van der Waals surface area contributed by atoms with Crippen LogP contribution in [0, 0.1) is 11.7 Å². The SMILES string of the molecule is CC(C)C(C)c1ccc(C2CC2)cc1F. The Hall–Kier alpha value is -0.850. The molecule has 0 bridgehead atoms. The van der Waals surface area contributed by atoms with Crippen molar-refractivity contribution in [3.8, 4) is 0 Å². The summed E-state index contributed by atoms with van der Waals surface area (Å²) in [5.41, 5.74) is 2.06. The van der Waals surface area contributed by atoms with Gasteiger partial charge < -0.3 is 0 Å². The van der Waals surface area contributed by atoms with Crippen LogP contribution in [0.5, 0.6) is 0 Å². The van der Waals surface area contributed by atoms with Gasteiger partial charge in [-0.15, -0.1) is 0 Å². The first-order chi connectivity index (χ1) is 7.09. The van der Waals surface area contributed by atoms with Crippen molar-refractivity contribution in [2.45, 2.75) is 45.4 Å². The molecule has 0 aliphatic heterocycles. The molecule has 1 aromatic rings. The predicted molar refractivity (Wildman–Crippen MR) is 61.6 cm³/mol. The molecule has 1 aliphatic rings. The maximum absolute atomic E-state index is 13.8. The first-order valence-corrected chi connectivity index (χ1v) is 5.89. The van der Waals surface area contributed by atoms with Crippen LogP contribution in [0.25, 0.3) is 0 Å². The Morgan fingerprint density at radius 3 is 2.33 bits per heavy atom. The fraction of sp³-hybridized carbons (Fsp3) is 0.571. The summed E-state index contributed by atoms with van der Waals surface area (Å²) in [5, 5.41) is 0. The molecule has 1 atom stereocenters. The minimum Gasteiger partial charge on any atom is -0.207 e. The molecule has 0 nitrogen and oxygen atoms in total. The highest BCUT2D eigenvalue weighted by molar-refractivity contribution is 5.31. The highest BCUT2D eigenvalue weighted by Gasteiger charge is 2.25. The lowest BCUT2D eigenvalue weighted by Gasteiger charge is -2.17. The number of hydrogen-bond donors (Lipinski definition) is 0. The predicted octanol–water partition coefficient (Wildman–Crippen LogP) is 4.46. The minimum atomic E-state index is -0.0133. The monoisotopic (exact) mass is 206 g/mol. The minimum absolute atomic E-state index is 0.0133. The van der Waals surface area contributed by atoms with E-state index in [2.05, 4.69) is 26.8 Å². The highest BCUT2D eigenvalue weighted by atomic mass is 19.1. The Bertz CT molecular complexity index is 350. The number of hydrogen-bond acceptors (Lipinski definition) is 0. The Balaban J connectivity index is 2.25. The molecule has 1 heteroatoms. The second-order valence-corrected chi connectivity index (χ2v) is 5.09. The largest absolute Gasteiger partial charge is 0.207 e. The van der Waals surface area contributed by atoms with Crippen molar-refractivity contribution in [1.82, 2.24) is 0 Å². The second-order valence-electron chi connectivity index (χ2n) is 5.09. The molecule has 1 aliphatic carbocycles. The van der Waals surface area contributed by atoms with Gasteiger partial charge in [0.2, 0.25) is 0 Å². The van der Waals surface area contributed by atoms with E-state index >= 15 is 0 Å². The summed E-state index contributed by atoms with van der Waals surface area (Å²) in [6.45, 7) is 6.37. The van der Waals surface area contributed by atoms with E-state index in [0.717, 1.165) is 5.56 Å². The fourth-order valence-electron chi connectivity index (χ4n) is 1.94. The van der Waals surface area contributed by atoms with Gasteiger partial charge in [0, 0.05) is 0 Å². The molecular weight excluding hydrogens is 187 g/mol. The smallest absolute Gasteiger partial charge is 0.126 e. The van der Waals surface area contributed by atoms with E-state index in [1.54, 1.807) is 6.07 Å². The van der Waals surface area contributed by atoms with Gasteiger partial charge in [0.05, 0.1) is 0 Å². The van der Waals surface area contributed by atoms with E-state index in [-0.39, 0.29) is 5.82 Å². The molecule has 1 unspecified atom stereocenters. The Morgan fingerprint density at radius 1 is 1.20 bits per heavy atom. The molecule has 1 aromatic carbocycles. The fourth-order valence-corrected chi connectivity index (χ4v) is 1.94. The molecule has 1 saturated carbocycles. The Kier molecular flexibility index (Phi) is 2.81. The van der Waals surface area contributed by atoms with Crippen LogP contribution in [0.3, 0.4) is 0 Å². The van der Waals surface area contributed by atoms with Crippen LogP contribution in [0.15, 0.2) is 18.2 Å². The summed E-state index contributed by atoms with van der Waals surface area (Å²) in [6, 6.07) is 5.83. The van der Waals surface area contributed by atoms with Gasteiger partial charge in [0.15, 0.2) is 0 Å². The quantitative estimate of drug-likeness (QED) is 0.684. The van der Waals surface area contributed by atoms with Crippen molar-refractivity contribution in [3.63, 3.8) is 0 Å². The van der Waals surface area contributed by atoms with E-state index < -0.39 is 0 Å². The molecule has 0 N–H and O–H groups in total. The molecule has 15 heavy (non-hydrogen) atoms. The summed E-state index contributed by atoms with van der Waals surface area (Å²) in [6.07, 6.45) is 2.47. The first-order valence-electron chi connectivity index (χ1n) is 5.89. The molecular formula is C14H19F. The van der Waals surface area contributed by atoms with Gasteiger partial charge in [-0.3, -0.25) is 0 Å². The molecule has 0 saturated heterocycles. The summed E-state index contributed by atoms with van der Waals surface area (Å²) in [7, 11) is 0. The van der Waals surface area contributed by atoms with Crippen LogP contribution >= 0.6 is 0 Å². The normalized spacial score (nSPS) is 18.2. The van der Waals surface area contributed by atoms with Crippen LogP contribution in [0.1, 0.15) is 56.6 Å². The van der Waals surface area contributed by atoms with Gasteiger partial charge in [-0.05, 0) is 47.8 Å². The van der Waals surface area contributed by atoms with Crippen LogP contribution in [-0.4, -0.2) is 0 Å². The van der Waals surface area contributed by atoms with Crippen molar-refractivity contribution in [3.05, 3.63) is 35.1 Å². The van der Waals surface area contributed by atoms with E-state index in [4.69, 9.17) is 0 Å². The van der Waals surface area contributed by atoms with Crippen molar-refractivity contribution in [1.29, 1.82) is 0 Å². The maximum atomic E-state index is 13.8. The highest BCUT2D eigenvalue weighted by Crippen LogP contribution is 2.41. The van der Waals surface area contributed by atoms with Gasteiger partial charge in [-0.2, -0.15) is 0 Å². The van der Waals surface area contributed by atoms with E-state index in [9.17, 15) is 4.39 Å². The maximum Gasteiger partial charge on any atom is 0.126 e. The zero-order valence-electron chi connectivity index (χ0n) is 9.76. The molecule has 1 fully saturated rings. The van der Waals surface area contributed by atoms with Crippen molar-refractivity contribution in [2.24, 2.45) is 5.92 Å². The molecule has 0 heterocycles. The Morgan fingerprint density at radius 2 is 1.87 bits per heavy atom. The third-order valence-corrected chi connectivity index (χ3v) is 3.56. The van der Waals surface area contributed by atoms with Crippen molar-refractivity contribution < 1.29 is 4.39 Å². The first kappa shape index (κ1) is 10.7. The van der Waals surface area contributed by atoms with Crippen LogP contribution in [-0.2, 0) is 0 Å². The molecule has 2 rings (SSSR count). The lowest BCUT2D eigenvalue weighted by Crippen LogP contribution is -2.04. The van der Waals surface area contributed by atoms with Crippen LogP contribution in [0.4, 0.5) is 4.39 Å². The summed E-state index contributed by atoms with van der Waals surface area (Å²) in [5.74, 6) is 1.42. The standard InChI is InChI=1S/C14H19F/c1-9(2)10(3)13-7-6-12(8-14(13)15)11-4-5-11/h6-11H,4-5H2,1-3H3. The molecule has 0 spiro atoms. The zero-order chi connectivity index (χ0) is 11.0. The van der Waals surface area contributed by atoms with Crippen molar-refractivity contribution in [2.75, 3.05) is 0 Å².